The van der Waals surface area contributed by atoms with E-state index in [9.17, 15) is 0 Å². The van der Waals surface area contributed by atoms with Gasteiger partial charge in [-0.05, 0) is 102 Å². The maximum absolute atomic E-state index is 6.79. The van der Waals surface area contributed by atoms with Crippen LogP contribution in [0.4, 0.5) is 0 Å². The molecule has 0 aliphatic heterocycles. The average Bonchev–Trinajstić information content (AvgIpc) is 2.46. The van der Waals surface area contributed by atoms with Crippen molar-refractivity contribution in [3.63, 3.8) is 0 Å². The first-order valence-electron chi connectivity index (χ1n) is 6.91. The Labute approximate surface area is 145 Å². The Morgan fingerprint density at radius 2 is 1.33 bits per heavy atom. The molecule has 2 aromatic carbocycles. The Bertz CT molecular complexity index is 676. The number of benzene rings is 2. The monoisotopic (exact) mass is 384 g/mol. The van der Waals surface area contributed by atoms with Crippen LogP contribution in [0.1, 0.15) is 44.3 Å². The highest BCUT2D eigenvalue weighted by Crippen LogP contribution is 2.39. The van der Waals surface area contributed by atoms with Crippen molar-refractivity contribution in [3.8, 4) is 0 Å². The van der Waals surface area contributed by atoms with Crippen molar-refractivity contribution >= 4 is 39.1 Å². The molecule has 0 nitrogen and oxygen atoms in total. The quantitative estimate of drug-likeness (QED) is 0.489. The molecule has 0 spiro atoms. The summed E-state index contributed by atoms with van der Waals surface area (Å²) in [5.41, 5.74) is 8.77. The van der Waals surface area contributed by atoms with Crippen LogP contribution in [-0.2, 0) is 0 Å². The van der Waals surface area contributed by atoms with Gasteiger partial charge in [0.1, 0.15) is 0 Å². The summed E-state index contributed by atoms with van der Waals surface area (Å²) in [7, 11) is 0. The summed E-state index contributed by atoms with van der Waals surface area (Å²) in [5.74, 6) is 0. The molecule has 3 heteroatoms. The summed E-state index contributed by atoms with van der Waals surface area (Å²) in [6.45, 7) is 10.8. The highest BCUT2D eigenvalue weighted by Gasteiger charge is 2.20. The van der Waals surface area contributed by atoms with E-state index in [4.69, 9.17) is 23.2 Å². The lowest BCUT2D eigenvalue weighted by molar-refractivity contribution is 1.04. The number of alkyl halides is 1. The normalized spacial score (nSPS) is 12.6. The molecule has 1 atom stereocenters. The fraction of sp³-hybridized carbons (Fsp3) is 0.333. The third-order valence-corrected chi connectivity index (χ3v) is 6.25. The summed E-state index contributed by atoms with van der Waals surface area (Å²) in [6, 6.07) is 5.91. The van der Waals surface area contributed by atoms with E-state index < -0.39 is 0 Å². The van der Waals surface area contributed by atoms with Gasteiger partial charge in [-0.2, -0.15) is 0 Å². The first-order valence-corrected chi connectivity index (χ1v) is 8.52. The smallest absolute Gasteiger partial charge is 0.0841 e. The van der Waals surface area contributed by atoms with Gasteiger partial charge in [0.25, 0.3) is 0 Å². The molecule has 0 N–H and O–H groups in total. The molecule has 112 valence electrons. The lowest BCUT2D eigenvalue weighted by Crippen LogP contribution is -2.06. The molecule has 0 aliphatic carbocycles. The van der Waals surface area contributed by atoms with Crippen molar-refractivity contribution < 1.29 is 0 Å². The minimum atomic E-state index is -0.186. The van der Waals surface area contributed by atoms with Gasteiger partial charge in [0, 0.05) is 4.47 Å². The van der Waals surface area contributed by atoms with Gasteiger partial charge in [-0.3, -0.25) is 0 Å². The lowest BCUT2D eigenvalue weighted by Gasteiger charge is -2.22. The van der Waals surface area contributed by atoms with Crippen LogP contribution in [0.2, 0.25) is 5.02 Å². The molecule has 21 heavy (non-hydrogen) atoms. The van der Waals surface area contributed by atoms with Crippen LogP contribution in [0.25, 0.3) is 0 Å². The highest BCUT2D eigenvalue weighted by molar-refractivity contribution is 9.10. The summed E-state index contributed by atoms with van der Waals surface area (Å²) in [4.78, 5) is 0. The Morgan fingerprint density at radius 1 is 0.857 bits per heavy atom. The van der Waals surface area contributed by atoms with Gasteiger partial charge in [0.15, 0.2) is 0 Å². The number of rotatable bonds is 2. The number of hydrogen-bond acceptors (Lipinski definition) is 0. The first-order chi connectivity index (χ1) is 9.75. The first kappa shape index (κ1) is 16.9. The van der Waals surface area contributed by atoms with Gasteiger partial charge in [0.2, 0.25) is 0 Å². The summed E-state index contributed by atoms with van der Waals surface area (Å²) in [5, 5.41) is 0.502. The van der Waals surface area contributed by atoms with E-state index in [1.165, 1.54) is 33.4 Å². The topological polar surface area (TPSA) is 0 Å². The number of hydrogen-bond donors (Lipinski definition) is 0. The minimum absolute atomic E-state index is 0.186. The molecule has 0 bridgehead atoms. The lowest BCUT2D eigenvalue weighted by atomic mass is 9.86. The molecule has 1 unspecified atom stereocenters. The van der Waals surface area contributed by atoms with E-state index in [-0.39, 0.29) is 5.38 Å². The molecule has 0 fully saturated rings. The van der Waals surface area contributed by atoms with Crippen molar-refractivity contribution in [1.29, 1.82) is 0 Å². The molecule has 0 saturated carbocycles. The minimum Gasteiger partial charge on any atom is -0.113 e. The van der Waals surface area contributed by atoms with Crippen molar-refractivity contribution in [2.24, 2.45) is 0 Å². The summed E-state index contributed by atoms with van der Waals surface area (Å²) in [6.07, 6.45) is 0. The van der Waals surface area contributed by atoms with Crippen LogP contribution in [0, 0.1) is 34.6 Å². The fourth-order valence-electron chi connectivity index (χ4n) is 2.75. The second kappa shape index (κ2) is 6.32. The van der Waals surface area contributed by atoms with Gasteiger partial charge in [-0.15, -0.1) is 11.6 Å². The second-order valence-electron chi connectivity index (χ2n) is 5.57. The van der Waals surface area contributed by atoms with E-state index in [0.717, 1.165) is 10.0 Å². The highest BCUT2D eigenvalue weighted by atomic mass is 79.9. The van der Waals surface area contributed by atoms with E-state index in [1.54, 1.807) is 0 Å². The molecule has 0 radical (unpaired) electrons. The molecule has 2 aromatic rings. The zero-order valence-corrected chi connectivity index (χ0v) is 16.0. The van der Waals surface area contributed by atoms with Crippen molar-refractivity contribution in [1.82, 2.24) is 0 Å². The van der Waals surface area contributed by atoms with Crippen molar-refractivity contribution in [2.75, 3.05) is 0 Å². The maximum atomic E-state index is 6.79. The summed E-state index contributed by atoms with van der Waals surface area (Å²) < 4.78 is 0.890. The maximum Gasteiger partial charge on any atom is 0.0841 e. The molecule has 0 aliphatic rings. The largest absolute Gasteiger partial charge is 0.113 e. The zero-order chi connectivity index (χ0) is 15.9. The van der Waals surface area contributed by atoms with E-state index in [1.807, 2.05) is 18.2 Å². The van der Waals surface area contributed by atoms with Crippen LogP contribution in [-0.4, -0.2) is 0 Å². The molecular formula is C18H19BrCl2. The zero-order valence-electron chi connectivity index (χ0n) is 12.9. The average molecular weight is 386 g/mol. The van der Waals surface area contributed by atoms with Crippen LogP contribution in [0.3, 0.4) is 0 Å². The van der Waals surface area contributed by atoms with E-state index in [2.05, 4.69) is 50.5 Å². The van der Waals surface area contributed by atoms with Crippen LogP contribution < -0.4 is 0 Å². The van der Waals surface area contributed by atoms with Crippen LogP contribution in [0.15, 0.2) is 22.7 Å². The van der Waals surface area contributed by atoms with E-state index in [0.29, 0.717) is 5.02 Å². The summed E-state index contributed by atoms with van der Waals surface area (Å²) >= 11 is 16.4. The Balaban J connectivity index is 2.63. The Morgan fingerprint density at radius 3 is 1.81 bits per heavy atom. The molecular weight excluding hydrogens is 367 g/mol. The van der Waals surface area contributed by atoms with Gasteiger partial charge in [-0.1, -0.05) is 17.7 Å². The van der Waals surface area contributed by atoms with Gasteiger partial charge in [0.05, 0.1) is 10.4 Å². The predicted octanol–water partition coefficient (Wildman–Crippen LogP) is 6.97. The van der Waals surface area contributed by atoms with Crippen molar-refractivity contribution in [2.45, 2.75) is 40.0 Å². The Kier molecular flexibility index (Phi) is 5.07. The van der Waals surface area contributed by atoms with Crippen LogP contribution >= 0.6 is 39.1 Å². The predicted molar refractivity (Wildman–Crippen MR) is 97.0 cm³/mol. The Hall–Kier alpha value is -0.500. The van der Waals surface area contributed by atoms with Crippen LogP contribution in [0.5, 0.6) is 0 Å². The number of halogens is 3. The van der Waals surface area contributed by atoms with Gasteiger partial charge in [-0.25, -0.2) is 0 Å². The second-order valence-corrected chi connectivity index (χ2v) is 7.27. The fourth-order valence-corrected chi connectivity index (χ4v) is 3.64. The molecule has 2 rings (SSSR count). The molecule has 0 amide bonds. The third-order valence-electron chi connectivity index (χ3n) is 4.55. The van der Waals surface area contributed by atoms with Gasteiger partial charge < -0.3 is 0 Å². The molecule has 0 aromatic heterocycles. The SMILES string of the molecule is Cc1c(C)c(C)c(C(Cl)c2ccc(Br)c(Cl)c2)c(C)c1C. The molecule has 0 saturated heterocycles. The molecule has 0 heterocycles. The third kappa shape index (κ3) is 3.02. The van der Waals surface area contributed by atoms with Crippen molar-refractivity contribution in [3.05, 3.63) is 66.6 Å². The van der Waals surface area contributed by atoms with E-state index >= 15 is 0 Å². The van der Waals surface area contributed by atoms with Gasteiger partial charge >= 0.3 is 0 Å². The standard InChI is InChI=1S/C18H19BrCl2/c1-9-10(2)12(4)17(13(5)11(9)3)18(21)14-6-7-15(19)16(20)8-14/h6-8,18H,1-5H3.